The fourth-order valence-corrected chi connectivity index (χ4v) is 1.19. The van der Waals surface area contributed by atoms with Crippen LogP contribution in [0.25, 0.3) is 0 Å². The van der Waals surface area contributed by atoms with Crippen molar-refractivity contribution in [3.63, 3.8) is 0 Å². The lowest BCUT2D eigenvalue weighted by atomic mass is 10.1. The Hall–Kier alpha value is -1.36. The molecule has 0 aliphatic carbocycles. The minimum absolute atomic E-state index is 0.136. The van der Waals surface area contributed by atoms with E-state index in [1.165, 1.54) is 20.3 Å². The number of ether oxygens (including phenoxy) is 3. The fourth-order valence-electron chi connectivity index (χ4n) is 1.19. The van der Waals surface area contributed by atoms with Gasteiger partial charge in [0.05, 0.1) is 7.11 Å². The number of carbonyl (C=O) groups is 2. The van der Waals surface area contributed by atoms with Crippen molar-refractivity contribution >= 4 is 11.9 Å². The summed E-state index contributed by atoms with van der Waals surface area (Å²) in [5.41, 5.74) is 0.427. The molecule has 0 aromatic carbocycles. The number of hydrogen-bond acceptors (Lipinski definition) is 5. The van der Waals surface area contributed by atoms with Gasteiger partial charge in [-0.05, 0) is 13.0 Å². The molecule has 0 fully saturated rings. The molecule has 1 aliphatic heterocycles. The van der Waals surface area contributed by atoms with Gasteiger partial charge in [0.15, 0.2) is 0 Å². The summed E-state index contributed by atoms with van der Waals surface area (Å²) < 4.78 is 14.4. The van der Waals surface area contributed by atoms with Crippen molar-refractivity contribution in [2.24, 2.45) is 0 Å². The molecule has 78 valence electrons. The molecule has 0 bridgehead atoms. The molecular formula is C9H12O5. The van der Waals surface area contributed by atoms with E-state index in [2.05, 4.69) is 4.74 Å². The maximum Gasteiger partial charge on any atom is 0.336 e. The van der Waals surface area contributed by atoms with E-state index in [4.69, 9.17) is 9.47 Å². The number of esters is 2. The minimum Gasteiger partial charge on any atom is -0.469 e. The molecule has 0 radical (unpaired) electrons. The van der Waals surface area contributed by atoms with Crippen molar-refractivity contribution < 1.29 is 23.8 Å². The van der Waals surface area contributed by atoms with Crippen molar-refractivity contribution in [1.29, 1.82) is 0 Å². The molecule has 0 saturated carbocycles. The highest BCUT2D eigenvalue weighted by Crippen LogP contribution is 2.28. The predicted molar refractivity (Wildman–Crippen MR) is 46.2 cm³/mol. The first-order valence-electron chi connectivity index (χ1n) is 4.08. The fraction of sp³-hybridized carbons (Fsp3) is 0.556. The molecule has 1 unspecified atom stereocenters. The molecule has 5 heteroatoms. The second-order valence-electron chi connectivity index (χ2n) is 2.99. The van der Waals surface area contributed by atoms with E-state index in [1.807, 2.05) is 0 Å². The molecular weight excluding hydrogens is 188 g/mol. The van der Waals surface area contributed by atoms with Crippen LogP contribution >= 0.6 is 0 Å². The number of cyclic esters (lactones) is 1. The zero-order chi connectivity index (χ0) is 10.8. The van der Waals surface area contributed by atoms with E-state index in [1.54, 1.807) is 6.92 Å². The molecule has 14 heavy (non-hydrogen) atoms. The largest absolute Gasteiger partial charge is 0.469 e. The van der Waals surface area contributed by atoms with Gasteiger partial charge in [0.1, 0.15) is 6.42 Å². The van der Waals surface area contributed by atoms with Gasteiger partial charge in [-0.15, -0.1) is 0 Å². The van der Waals surface area contributed by atoms with Crippen molar-refractivity contribution in [2.75, 3.05) is 14.2 Å². The summed E-state index contributed by atoms with van der Waals surface area (Å²) >= 11 is 0. The SMILES string of the molecule is COC(=O)CC1(OC)C=C(C)C(=O)O1. The normalized spacial score (nSPS) is 25.6. The summed E-state index contributed by atoms with van der Waals surface area (Å²) in [6.07, 6.45) is 1.34. The van der Waals surface area contributed by atoms with Crippen LogP contribution in [0.2, 0.25) is 0 Å². The Bertz CT molecular complexity index is 294. The molecule has 0 saturated heterocycles. The van der Waals surface area contributed by atoms with E-state index in [9.17, 15) is 9.59 Å². The highest BCUT2D eigenvalue weighted by atomic mass is 16.7. The maximum atomic E-state index is 11.1. The van der Waals surface area contributed by atoms with E-state index in [-0.39, 0.29) is 6.42 Å². The first-order valence-corrected chi connectivity index (χ1v) is 4.08. The van der Waals surface area contributed by atoms with Crippen LogP contribution in [0.4, 0.5) is 0 Å². The second-order valence-corrected chi connectivity index (χ2v) is 2.99. The average molecular weight is 200 g/mol. The monoisotopic (exact) mass is 200 g/mol. The Balaban J connectivity index is 2.80. The van der Waals surface area contributed by atoms with Gasteiger partial charge in [-0.3, -0.25) is 4.79 Å². The quantitative estimate of drug-likeness (QED) is 0.617. The van der Waals surface area contributed by atoms with Crippen LogP contribution in [0, 0.1) is 0 Å². The van der Waals surface area contributed by atoms with Crippen LogP contribution in [0.5, 0.6) is 0 Å². The third-order valence-corrected chi connectivity index (χ3v) is 1.99. The van der Waals surface area contributed by atoms with Gasteiger partial charge in [0, 0.05) is 12.7 Å². The van der Waals surface area contributed by atoms with Crippen LogP contribution < -0.4 is 0 Å². The third-order valence-electron chi connectivity index (χ3n) is 1.99. The Kier molecular flexibility index (Phi) is 2.90. The minimum atomic E-state index is -1.28. The van der Waals surface area contributed by atoms with Gasteiger partial charge in [0.25, 0.3) is 0 Å². The van der Waals surface area contributed by atoms with Crippen molar-refractivity contribution in [3.05, 3.63) is 11.6 Å². The zero-order valence-electron chi connectivity index (χ0n) is 8.33. The first-order chi connectivity index (χ1) is 6.53. The van der Waals surface area contributed by atoms with Crippen molar-refractivity contribution in [3.8, 4) is 0 Å². The number of rotatable bonds is 3. The molecule has 1 heterocycles. The number of methoxy groups -OCH3 is 2. The molecule has 0 aromatic heterocycles. The summed E-state index contributed by atoms with van der Waals surface area (Å²) in [4.78, 5) is 22.1. The lowest BCUT2D eigenvalue weighted by Crippen LogP contribution is -2.33. The zero-order valence-corrected chi connectivity index (χ0v) is 8.33. The van der Waals surface area contributed by atoms with Crippen LogP contribution in [-0.4, -0.2) is 31.9 Å². The molecule has 0 N–H and O–H groups in total. The van der Waals surface area contributed by atoms with Crippen LogP contribution in [0.15, 0.2) is 11.6 Å². The van der Waals surface area contributed by atoms with Gasteiger partial charge < -0.3 is 14.2 Å². The van der Waals surface area contributed by atoms with E-state index in [0.29, 0.717) is 5.57 Å². The molecule has 5 nitrogen and oxygen atoms in total. The van der Waals surface area contributed by atoms with Gasteiger partial charge in [-0.25, -0.2) is 4.79 Å². The summed E-state index contributed by atoms with van der Waals surface area (Å²) in [6.45, 7) is 1.60. The smallest absolute Gasteiger partial charge is 0.336 e. The summed E-state index contributed by atoms with van der Waals surface area (Å²) in [6, 6.07) is 0. The summed E-state index contributed by atoms with van der Waals surface area (Å²) in [5, 5.41) is 0. The Morgan fingerprint density at radius 1 is 1.57 bits per heavy atom. The van der Waals surface area contributed by atoms with E-state index >= 15 is 0 Å². The van der Waals surface area contributed by atoms with Crippen LogP contribution in [-0.2, 0) is 23.8 Å². The second kappa shape index (κ2) is 3.79. The molecule has 0 amide bonds. The maximum absolute atomic E-state index is 11.1. The van der Waals surface area contributed by atoms with E-state index in [0.717, 1.165) is 0 Å². The predicted octanol–water partition coefficient (Wildman–Crippen LogP) is 0.395. The highest BCUT2D eigenvalue weighted by molar-refractivity contribution is 5.91. The van der Waals surface area contributed by atoms with Crippen LogP contribution in [0.3, 0.4) is 0 Å². The molecule has 0 aromatic rings. The van der Waals surface area contributed by atoms with Gasteiger partial charge in [-0.1, -0.05) is 0 Å². The molecule has 1 atom stereocenters. The Morgan fingerprint density at radius 2 is 2.21 bits per heavy atom. The standard InChI is InChI=1S/C9H12O5/c1-6-4-9(13-3,14-8(6)11)5-7(10)12-2/h4H,5H2,1-3H3. The average Bonchev–Trinajstić information content (AvgIpc) is 2.43. The summed E-state index contributed by atoms with van der Waals surface area (Å²) in [7, 11) is 2.63. The molecule has 0 spiro atoms. The van der Waals surface area contributed by atoms with Gasteiger partial charge >= 0.3 is 11.9 Å². The number of hydrogen-bond donors (Lipinski definition) is 0. The highest BCUT2D eigenvalue weighted by Gasteiger charge is 2.41. The third kappa shape index (κ3) is 1.93. The van der Waals surface area contributed by atoms with Gasteiger partial charge in [0.2, 0.25) is 5.79 Å². The van der Waals surface area contributed by atoms with Crippen molar-refractivity contribution in [1.82, 2.24) is 0 Å². The van der Waals surface area contributed by atoms with Crippen LogP contribution in [0.1, 0.15) is 13.3 Å². The molecule has 1 aliphatic rings. The van der Waals surface area contributed by atoms with Crippen molar-refractivity contribution in [2.45, 2.75) is 19.1 Å². The lowest BCUT2D eigenvalue weighted by molar-refractivity contribution is -0.196. The van der Waals surface area contributed by atoms with Gasteiger partial charge in [-0.2, -0.15) is 0 Å². The number of carbonyl (C=O) groups excluding carboxylic acids is 2. The first kappa shape index (κ1) is 10.7. The topological polar surface area (TPSA) is 61.8 Å². The molecule has 1 rings (SSSR count). The Labute approximate surface area is 81.6 Å². The lowest BCUT2D eigenvalue weighted by Gasteiger charge is -2.22. The van der Waals surface area contributed by atoms with E-state index < -0.39 is 17.7 Å². The summed E-state index contributed by atoms with van der Waals surface area (Å²) in [5.74, 6) is -2.25. The Morgan fingerprint density at radius 3 is 2.57 bits per heavy atom.